The van der Waals surface area contributed by atoms with Crippen molar-refractivity contribution in [3.05, 3.63) is 70.1 Å². The first kappa shape index (κ1) is 16.6. The van der Waals surface area contributed by atoms with E-state index in [1.54, 1.807) is 36.4 Å². The van der Waals surface area contributed by atoms with Gasteiger partial charge in [-0.2, -0.15) is 0 Å². The van der Waals surface area contributed by atoms with Crippen LogP contribution in [0, 0.1) is 0 Å². The highest BCUT2D eigenvalue weighted by Crippen LogP contribution is 2.35. The van der Waals surface area contributed by atoms with Crippen LogP contribution < -0.4 is 5.43 Å². The van der Waals surface area contributed by atoms with Gasteiger partial charge in [-0.15, -0.1) is 0 Å². The number of phenolic OH excluding ortho intramolecular Hbond substituents is 1. The first-order valence-corrected chi connectivity index (χ1v) is 7.61. The number of fused-ring (bicyclic) bond motifs is 1. The number of carbonyl (C=O) groups is 1. The minimum Gasteiger partial charge on any atom is -0.508 e. The highest BCUT2D eigenvalue weighted by molar-refractivity contribution is 5.78. The van der Waals surface area contributed by atoms with Gasteiger partial charge in [0.1, 0.15) is 11.3 Å². The number of para-hydroxylation sites is 1. The van der Waals surface area contributed by atoms with E-state index >= 15 is 0 Å². The summed E-state index contributed by atoms with van der Waals surface area (Å²) >= 11 is 0. The second-order valence-electron chi connectivity index (χ2n) is 5.56. The SMILES string of the molecule is COC(=O)CC(c1ccc(O)cc1)c1oc2ccccc2c(=O)c1O. The van der Waals surface area contributed by atoms with Crippen molar-refractivity contribution in [2.24, 2.45) is 0 Å². The van der Waals surface area contributed by atoms with Gasteiger partial charge in [0, 0.05) is 0 Å². The predicted octanol–water partition coefficient (Wildman–Crippen LogP) is 2.90. The summed E-state index contributed by atoms with van der Waals surface area (Å²) in [6, 6.07) is 12.7. The molecule has 3 rings (SSSR count). The highest BCUT2D eigenvalue weighted by atomic mass is 16.5. The van der Waals surface area contributed by atoms with Crippen molar-refractivity contribution in [3.63, 3.8) is 0 Å². The number of carbonyl (C=O) groups excluding carboxylic acids is 1. The van der Waals surface area contributed by atoms with E-state index in [0.29, 0.717) is 11.1 Å². The Labute approximate surface area is 142 Å². The van der Waals surface area contributed by atoms with Gasteiger partial charge in [0.25, 0.3) is 0 Å². The van der Waals surface area contributed by atoms with Gasteiger partial charge >= 0.3 is 5.97 Å². The molecule has 2 N–H and O–H groups in total. The number of hydrogen-bond acceptors (Lipinski definition) is 6. The van der Waals surface area contributed by atoms with Crippen molar-refractivity contribution in [1.82, 2.24) is 0 Å². The number of aromatic hydroxyl groups is 2. The van der Waals surface area contributed by atoms with Crippen molar-refractivity contribution in [2.75, 3.05) is 7.11 Å². The molecule has 3 aromatic rings. The molecule has 0 aliphatic rings. The molecule has 0 fully saturated rings. The number of rotatable bonds is 4. The maximum absolute atomic E-state index is 12.4. The van der Waals surface area contributed by atoms with Crippen LogP contribution in [0.2, 0.25) is 0 Å². The standard InChI is InChI=1S/C19H16O6/c1-24-16(21)10-14(11-6-8-12(20)9-7-11)19-18(23)17(22)13-4-2-3-5-15(13)25-19/h2-9,14,20,23H,10H2,1H3. The topological polar surface area (TPSA) is 97.0 Å². The smallest absolute Gasteiger partial charge is 0.306 e. The fourth-order valence-corrected chi connectivity index (χ4v) is 2.70. The van der Waals surface area contributed by atoms with Crippen molar-refractivity contribution in [3.8, 4) is 11.5 Å². The molecular weight excluding hydrogens is 324 g/mol. The average molecular weight is 340 g/mol. The quantitative estimate of drug-likeness (QED) is 0.709. The molecule has 0 bridgehead atoms. The van der Waals surface area contributed by atoms with Crippen LogP contribution in [0.15, 0.2) is 57.7 Å². The molecule has 1 aromatic heterocycles. The lowest BCUT2D eigenvalue weighted by molar-refractivity contribution is -0.140. The molecule has 128 valence electrons. The summed E-state index contributed by atoms with van der Waals surface area (Å²) in [5.41, 5.74) is 0.344. The second kappa shape index (κ2) is 6.68. The van der Waals surface area contributed by atoms with Gasteiger partial charge in [0.15, 0.2) is 5.76 Å². The van der Waals surface area contributed by atoms with Crippen molar-refractivity contribution < 1.29 is 24.2 Å². The predicted molar refractivity (Wildman–Crippen MR) is 90.7 cm³/mol. The zero-order chi connectivity index (χ0) is 18.0. The van der Waals surface area contributed by atoms with Crippen LogP contribution in [-0.2, 0) is 9.53 Å². The van der Waals surface area contributed by atoms with Crippen molar-refractivity contribution in [2.45, 2.75) is 12.3 Å². The molecule has 0 radical (unpaired) electrons. The Balaban J connectivity index is 2.20. The maximum atomic E-state index is 12.4. The zero-order valence-corrected chi connectivity index (χ0v) is 13.4. The summed E-state index contributed by atoms with van der Waals surface area (Å²) in [5, 5.41) is 20.1. The number of phenols is 1. The van der Waals surface area contributed by atoms with Crippen LogP contribution in [0.3, 0.4) is 0 Å². The molecule has 0 saturated carbocycles. The number of ether oxygens (including phenoxy) is 1. The molecule has 6 nitrogen and oxygen atoms in total. The van der Waals surface area contributed by atoms with Crippen molar-refractivity contribution >= 4 is 16.9 Å². The van der Waals surface area contributed by atoms with Gasteiger partial charge in [-0.25, -0.2) is 0 Å². The lowest BCUT2D eigenvalue weighted by atomic mass is 9.92. The Bertz CT molecular complexity index is 971. The van der Waals surface area contributed by atoms with Gasteiger partial charge in [-0.1, -0.05) is 24.3 Å². The first-order valence-electron chi connectivity index (χ1n) is 7.61. The summed E-state index contributed by atoms with van der Waals surface area (Å²) in [6.45, 7) is 0. The Hall–Kier alpha value is -3.28. The molecule has 0 aliphatic carbocycles. The van der Waals surface area contributed by atoms with E-state index in [2.05, 4.69) is 0 Å². The van der Waals surface area contributed by atoms with Crippen LogP contribution >= 0.6 is 0 Å². The fourth-order valence-electron chi connectivity index (χ4n) is 2.70. The zero-order valence-electron chi connectivity index (χ0n) is 13.4. The third-order valence-electron chi connectivity index (χ3n) is 4.01. The van der Waals surface area contributed by atoms with E-state index < -0.39 is 23.1 Å². The molecule has 0 spiro atoms. The second-order valence-corrected chi connectivity index (χ2v) is 5.56. The first-order chi connectivity index (χ1) is 12.0. The minimum absolute atomic E-state index is 0.0141. The van der Waals surface area contributed by atoms with Crippen LogP contribution in [0.25, 0.3) is 11.0 Å². The Morgan fingerprint density at radius 2 is 1.80 bits per heavy atom. The monoisotopic (exact) mass is 340 g/mol. The third kappa shape index (κ3) is 3.19. The summed E-state index contributed by atoms with van der Waals surface area (Å²) in [7, 11) is 1.26. The number of esters is 1. The molecule has 6 heteroatoms. The van der Waals surface area contributed by atoms with Crippen LogP contribution in [0.5, 0.6) is 11.5 Å². The lowest BCUT2D eigenvalue weighted by Gasteiger charge is -2.17. The maximum Gasteiger partial charge on any atom is 0.306 e. The van der Waals surface area contributed by atoms with Gasteiger partial charge < -0.3 is 19.4 Å². The molecule has 1 heterocycles. The molecule has 2 aromatic carbocycles. The molecule has 0 aliphatic heterocycles. The van der Waals surface area contributed by atoms with Crippen molar-refractivity contribution in [1.29, 1.82) is 0 Å². The highest BCUT2D eigenvalue weighted by Gasteiger charge is 2.27. The number of hydrogen-bond donors (Lipinski definition) is 2. The summed E-state index contributed by atoms with van der Waals surface area (Å²) in [6.07, 6.45) is -0.129. The Kier molecular flexibility index (Phi) is 4.43. The lowest BCUT2D eigenvalue weighted by Crippen LogP contribution is -2.13. The molecule has 25 heavy (non-hydrogen) atoms. The fraction of sp³-hybridized carbons (Fsp3) is 0.158. The third-order valence-corrected chi connectivity index (χ3v) is 4.01. The van der Waals surface area contributed by atoms with E-state index in [9.17, 15) is 19.8 Å². The molecule has 0 saturated heterocycles. The number of benzene rings is 2. The van der Waals surface area contributed by atoms with Crippen LogP contribution in [0.1, 0.15) is 23.7 Å². The van der Waals surface area contributed by atoms with Crippen LogP contribution in [-0.4, -0.2) is 23.3 Å². The summed E-state index contributed by atoms with van der Waals surface area (Å²) < 4.78 is 10.5. The van der Waals surface area contributed by atoms with E-state index in [4.69, 9.17) is 9.15 Å². The van der Waals surface area contributed by atoms with E-state index in [-0.39, 0.29) is 23.3 Å². The number of methoxy groups -OCH3 is 1. The molecule has 1 unspecified atom stereocenters. The molecular formula is C19H16O6. The largest absolute Gasteiger partial charge is 0.508 e. The van der Waals surface area contributed by atoms with E-state index in [0.717, 1.165) is 0 Å². The van der Waals surface area contributed by atoms with Gasteiger partial charge in [-0.3, -0.25) is 9.59 Å². The van der Waals surface area contributed by atoms with Gasteiger partial charge in [-0.05, 0) is 29.8 Å². The Morgan fingerprint density at radius 3 is 2.48 bits per heavy atom. The van der Waals surface area contributed by atoms with Gasteiger partial charge in [0.05, 0.1) is 24.8 Å². The molecule has 1 atom stereocenters. The van der Waals surface area contributed by atoms with Crippen LogP contribution in [0.4, 0.5) is 0 Å². The summed E-state index contributed by atoms with van der Waals surface area (Å²) in [5.74, 6) is -1.75. The molecule has 0 amide bonds. The normalized spacial score (nSPS) is 12.0. The van der Waals surface area contributed by atoms with Gasteiger partial charge in [0.2, 0.25) is 11.2 Å². The van der Waals surface area contributed by atoms with E-state index in [1.807, 2.05) is 0 Å². The summed E-state index contributed by atoms with van der Waals surface area (Å²) in [4.78, 5) is 24.3. The average Bonchev–Trinajstić information content (AvgIpc) is 2.63. The Morgan fingerprint density at radius 1 is 1.12 bits per heavy atom. The van der Waals surface area contributed by atoms with E-state index in [1.165, 1.54) is 19.2 Å². The minimum atomic E-state index is -0.731.